The van der Waals surface area contributed by atoms with Gasteiger partial charge in [0.05, 0.1) is 17.2 Å². The van der Waals surface area contributed by atoms with Gasteiger partial charge in [0.15, 0.2) is 0 Å². The molecule has 2 aromatic rings. The Hall–Kier alpha value is -2.44. The van der Waals surface area contributed by atoms with Crippen molar-refractivity contribution in [2.75, 3.05) is 13.2 Å². The number of amides is 2. The Morgan fingerprint density at radius 1 is 1.12 bits per heavy atom. The van der Waals surface area contributed by atoms with Gasteiger partial charge < -0.3 is 15.4 Å². The van der Waals surface area contributed by atoms with Crippen molar-refractivity contribution in [1.82, 2.24) is 15.6 Å². The maximum atomic E-state index is 12.3. The van der Waals surface area contributed by atoms with E-state index >= 15 is 0 Å². The molecule has 0 aliphatic carbocycles. The molecule has 26 heavy (non-hydrogen) atoms. The van der Waals surface area contributed by atoms with E-state index in [1.807, 2.05) is 12.1 Å². The predicted octanol–water partition coefficient (Wildman–Crippen LogP) is 2.57. The molecule has 2 amide bonds. The third-order valence-corrected chi connectivity index (χ3v) is 4.40. The molecule has 0 spiro atoms. The van der Waals surface area contributed by atoms with Gasteiger partial charge in [0.25, 0.3) is 11.8 Å². The summed E-state index contributed by atoms with van der Waals surface area (Å²) in [5.74, 6) is -0.554. The van der Waals surface area contributed by atoms with E-state index in [2.05, 4.69) is 15.6 Å². The minimum Gasteiger partial charge on any atom is -0.376 e. The molecule has 1 aromatic heterocycles. The molecule has 2 heterocycles. The molecule has 6 nitrogen and oxygen atoms in total. The number of pyridine rings is 1. The van der Waals surface area contributed by atoms with Crippen molar-refractivity contribution in [3.05, 3.63) is 64.4 Å². The molecule has 7 heteroatoms. The van der Waals surface area contributed by atoms with E-state index in [-0.39, 0.29) is 17.9 Å². The van der Waals surface area contributed by atoms with Crippen LogP contribution in [0.4, 0.5) is 0 Å². The highest BCUT2D eigenvalue weighted by Crippen LogP contribution is 2.12. The van der Waals surface area contributed by atoms with Crippen LogP contribution in [-0.4, -0.2) is 36.1 Å². The summed E-state index contributed by atoms with van der Waals surface area (Å²) >= 11 is 5.84. The number of halogens is 1. The monoisotopic (exact) mass is 373 g/mol. The Morgan fingerprint density at radius 3 is 2.46 bits per heavy atom. The van der Waals surface area contributed by atoms with Crippen LogP contribution in [0, 0.1) is 0 Å². The number of ether oxygens (including phenoxy) is 1. The van der Waals surface area contributed by atoms with Gasteiger partial charge in [-0.1, -0.05) is 23.7 Å². The first kappa shape index (κ1) is 18.4. The molecule has 2 N–H and O–H groups in total. The lowest BCUT2D eigenvalue weighted by Crippen LogP contribution is -2.32. The van der Waals surface area contributed by atoms with Crippen LogP contribution >= 0.6 is 11.6 Å². The number of carbonyl (C=O) groups is 2. The van der Waals surface area contributed by atoms with Gasteiger partial charge in [0.1, 0.15) is 0 Å². The topological polar surface area (TPSA) is 80.3 Å². The number of nitrogens with zero attached hydrogens (tertiary/aromatic N) is 1. The number of hydrogen-bond acceptors (Lipinski definition) is 4. The first-order valence-electron chi connectivity index (χ1n) is 8.49. The van der Waals surface area contributed by atoms with Crippen molar-refractivity contribution in [2.24, 2.45) is 0 Å². The smallest absolute Gasteiger partial charge is 0.253 e. The van der Waals surface area contributed by atoms with Crippen LogP contribution in [0.2, 0.25) is 5.02 Å². The van der Waals surface area contributed by atoms with Crippen LogP contribution < -0.4 is 10.6 Å². The van der Waals surface area contributed by atoms with Gasteiger partial charge >= 0.3 is 0 Å². The minimum absolute atomic E-state index is 0.0674. The van der Waals surface area contributed by atoms with Crippen LogP contribution in [0.1, 0.15) is 39.1 Å². The molecule has 1 saturated heterocycles. The zero-order chi connectivity index (χ0) is 18.4. The SMILES string of the molecule is O=C(NCc1ccc(Cl)cc1)c1cncc(C(=O)NCC2CCCO2)c1. The fourth-order valence-corrected chi connectivity index (χ4v) is 2.81. The Bertz CT molecular complexity index is 774. The van der Waals surface area contributed by atoms with Gasteiger partial charge in [-0.25, -0.2) is 0 Å². The number of rotatable bonds is 6. The van der Waals surface area contributed by atoms with Crippen LogP contribution in [0.5, 0.6) is 0 Å². The van der Waals surface area contributed by atoms with Crippen molar-refractivity contribution < 1.29 is 14.3 Å². The van der Waals surface area contributed by atoms with Gasteiger partial charge in [0.2, 0.25) is 0 Å². The normalized spacial score (nSPS) is 16.3. The summed E-state index contributed by atoms with van der Waals surface area (Å²) in [5.41, 5.74) is 1.62. The van der Waals surface area contributed by atoms with E-state index in [9.17, 15) is 9.59 Å². The van der Waals surface area contributed by atoms with Crippen molar-refractivity contribution in [2.45, 2.75) is 25.5 Å². The minimum atomic E-state index is -0.291. The molecule has 0 radical (unpaired) electrons. The van der Waals surface area contributed by atoms with Gasteiger partial charge in [-0.15, -0.1) is 0 Å². The molecule has 1 aliphatic heterocycles. The standard InChI is InChI=1S/C19H20ClN3O3/c20-16-5-3-13(4-6-16)9-22-18(24)14-8-15(11-21-10-14)19(25)23-12-17-2-1-7-26-17/h3-6,8,10-11,17H,1-2,7,9,12H2,(H,22,24)(H,23,25). The van der Waals surface area contributed by atoms with Crippen LogP contribution in [0.15, 0.2) is 42.7 Å². The molecule has 136 valence electrons. The second-order valence-electron chi connectivity index (χ2n) is 6.12. The maximum absolute atomic E-state index is 12.3. The summed E-state index contributed by atoms with van der Waals surface area (Å²) in [6.07, 6.45) is 4.92. The summed E-state index contributed by atoms with van der Waals surface area (Å²) < 4.78 is 5.48. The van der Waals surface area contributed by atoms with E-state index in [1.165, 1.54) is 18.5 Å². The molecule has 0 saturated carbocycles. The van der Waals surface area contributed by atoms with Crippen molar-refractivity contribution in [1.29, 1.82) is 0 Å². The molecular formula is C19H20ClN3O3. The molecule has 1 aromatic carbocycles. The Kier molecular flexibility index (Phi) is 6.20. The average Bonchev–Trinajstić information content (AvgIpc) is 3.19. The van der Waals surface area contributed by atoms with Crippen molar-refractivity contribution in [3.8, 4) is 0 Å². The Balaban J connectivity index is 1.55. The largest absolute Gasteiger partial charge is 0.376 e. The van der Waals surface area contributed by atoms with Crippen LogP contribution in [0.25, 0.3) is 0 Å². The first-order valence-corrected chi connectivity index (χ1v) is 8.87. The molecule has 1 unspecified atom stereocenters. The van der Waals surface area contributed by atoms with Gasteiger partial charge in [-0.3, -0.25) is 14.6 Å². The highest BCUT2D eigenvalue weighted by molar-refractivity contribution is 6.30. The fraction of sp³-hybridized carbons (Fsp3) is 0.316. The van der Waals surface area contributed by atoms with E-state index in [1.54, 1.807) is 12.1 Å². The molecule has 3 rings (SSSR count). The van der Waals surface area contributed by atoms with Crippen molar-refractivity contribution in [3.63, 3.8) is 0 Å². The second kappa shape index (κ2) is 8.78. The number of nitrogens with one attached hydrogen (secondary N) is 2. The van der Waals surface area contributed by atoms with Gasteiger partial charge in [-0.05, 0) is 36.6 Å². The molecule has 1 atom stereocenters. The van der Waals surface area contributed by atoms with E-state index in [0.717, 1.165) is 25.0 Å². The summed E-state index contributed by atoms with van der Waals surface area (Å²) in [5, 5.41) is 6.27. The van der Waals surface area contributed by atoms with E-state index < -0.39 is 0 Å². The summed E-state index contributed by atoms with van der Waals surface area (Å²) in [4.78, 5) is 28.5. The summed E-state index contributed by atoms with van der Waals surface area (Å²) in [6, 6.07) is 8.76. The van der Waals surface area contributed by atoms with Crippen LogP contribution in [-0.2, 0) is 11.3 Å². The van der Waals surface area contributed by atoms with Crippen molar-refractivity contribution >= 4 is 23.4 Å². The number of hydrogen-bond donors (Lipinski definition) is 2. The number of aromatic nitrogens is 1. The molecule has 1 aliphatic rings. The number of carbonyl (C=O) groups excluding carboxylic acids is 2. The lowest BCUT2D eigenvalue weighted by molar-refractivity contribution is 0.0857. The third kappa shape index (κ3) is 5.03. The molecular weight excluding hydrogens is 354 g/mol. The van der Waals surface area contributed by atoms with Gasteiger partial charge in [0, 0.05) is 37.1 Å². The molecule has 1 fully saturated rings. The molecule has 0 bridgehead atoms. The average molecular weight is 374 g/mol. The lowest BCUT2D eigenvalue weighted by atomic mass is 10.1. The maximum Gasteiger partial charge on any atom is 0.253 e. The Morgan fingerprint density at radius 2 is 1.81 bits per heavy atom. The zero-order valence-electron chi connectivity index (χ0n) is 14.2. The number of benzene rings is 1. The summed E-state index contributed by atoms with van der Waals surface area (Å²) in [7, 11) is 0. The zero-order valence-corrected chi connectivity index (χ0v) is 15.0. The third-order valence-electron chi connectivity index (χ3n) is 4.14. The quantitative estimate of drug-likeness (QED) is 0.815. The summed E-state index contributed by atoms with van der Waals surface area (Å²) in [6.45, 7) is 1.57. The van der Waals surface area contributed by atoms with Crippen LogP contribution in [0.3, 0.4) is 0 Å². The first-order chi connectivity index (χ1) is 12.6. The van der Waals surface area contributed by atoms with E-state index in [4.69, 9.17) is 16.3 Å². The lowest BCUT2D eigenvalue weighted by Gasteiger charge is -2.11. The highest BCUT2D eigenvalue weighted by atomic mass is 35.5. The van der Waals surface area contributed by atoms with E-state index in [0.29, 0.717) is 29.2 Å². The van der Waals surface area contributed by atoms with Gasteiger partial charge in [-0.2, -0.15) is 0 Å². The Labute approximate surface area is 156 Å². The predicted molar refractivity (Wildman–Crippen MR) is 98.2 cm³/mol. The second-order valence-corrected chi connectivity index (χ2v) is 6.55. The fourth-order valence-electron chi connectivity index (χ4n) is 2.69. The highest BCUT2D eigenvalue weighted by Gasteiger charge is 2.17.